The van der Waals surface area contributed by atoms with Crippen molar-refractivity contribution in [3.63, 3.8) is 0 Å². The SMILES string of the molecule is O=C(NC1CC1)c1nn(-c2ccc(C(F)(F)F)cc2)c(=O)n(Cc2cccc(Cl)c2)c1=O. The van der Waals surface area contributed by atoms with Gasteiger partial charge in [0.2, 0.25) is 5.69 Å². The van der Waals surface area contributed by atoms with E-state index in [1.54, 1.807) is 24.3 Å². The highest BCUT2D eigenvalue weighted by atomic mass is 35.5. The van der Waals surface area contributed by atoms with Crippen LogP contribution in [0.2, 0.25) is 5.02 Å². The molecule has 0 aliphatic heterocycles. The topological polar surface area (TPSA) is 86.0 Å². The summed E-state index contributed by atoms with van der Waals surface area (Å²) in [4.78, 5) is 38.6. The van der Waals surface area contributed by atoms with Crippen molar-refractivity contribution in [1.29, 1.82) is 0 Å². The number of hydrogen-bond acceptors (Lipinski definition) is 4. The minimum atomic E-state index is -4.56. The molecule has 1 aliphatic rings. The van der Waals surface area contributed by atoms with Gasteiger partial charge in [0, 0.05) is 11.1 Å². The van der Waals surface area contributed by atoms with E-state index >= 15 is 0 Å². The molecule has 0 radical (unpaired) electrons. The molecule has 0 spiro atoms. The normalized spacial score (nSPS) is 13.8. The molecule has 0 unspecified atom stereocenters. The Bertz CT molecular complexity index is 1300. The fourth-order valence-corrected chi connectivity index (χ4v) is 3.27. The standard InChI is InChI=1S/C21H16ClF3N4O3/c22-14-3-1-2-12(10-14)11-28-19(31)17(18(30)26-15-6-7-15)27-29(20(28)32)16-8-4-13(5-9-16)21(23,24)25/h1-5,8-10,15H,6-7,11H2,(H,26,30). The monoisotopic (exact) mass is 464 g/mol. The van der Waals surface area contributed by atoms with Crippen molar-refractivity contribution in [2.24, 2.45) is 0 Å². The van der Waals surface area contributed by atoms with Gasteiger partial charge in [0.05, 0.1) is 17.8 Å². The van der Waals surface area contributed by atoms with E-state index in [0.29, 0.717) is 10.6 Å². The van der Waals surface area contributed by atoms with Crippen LogP contribution in [0.4, 0.5) is 13.2 Å². The Morgan fingerprint density at radius 2 is 1.81 bits per heavy atom. The highest BCUT2D eigenvalue weighted by molar-refractivity contribution is 6.30. The highest BCUT2D eigenvalue weighted by Crippen LogP contribution is 2.29. The molecule has 0 atom stereocenters. The van der Waals surface area contributed by atoms with Crippen LogP contribution in [0.1, 0.15) is 34.5 Å². The number of carbonyl (C=O) groups excluding carboxylic acids is 1. The fourth-order valence-electron chi connectivity index (χ4n) is 3.06. The van der Waals surface area contributed by atoms with Gasteiger partial charge in [0.25, 0.3) is 11.5 Å². The second-order valence-electron chi connectivity index (χ2n) is 7.36. The van der Waals surface area contributed by atoms with Crippen LogP contribution >= 0.6 is 11.6 Å². The summed E-state index contributed by atoms with van der Waals surface area (Å²) in [5.41, 5.74) is -2.75. The van der Waals surface area contributed by atoms with Gasteiger partial charge in [-0.1, -0.05) is 23.7 Å². The molecule has 4 rings (SSSR count). The molecular formula is C21H16ClF3N4O3. The lowest BCUT2D eigenvalue weighted by Crippen LogP contribution is -2.46. The summed E-state index contributed by atoms with van der Waals surface area (Å²) in [7, 11) is 0. The average molecular weight is 465 g/mol. The summed E-state index contributed by atoms with van der Waals surface area (Å²) >= 11 is 5.98. The predicted octanol–water partition coefficient (Wildman–Crippen LogP) is 3.01. The molecule has 0 bridgehead atoms. The van der Waals surface area contributed by atoms with Crippen molar-refractivity contribution in [2.75, 3.05) is 0 Å². The van der Waals surface area contributed by atoms with E-state index in [1.807, 2.05) is 0 Å². The molecule has 1 fully saturated rings. The van der Waals surface area contributed by atoms with Crippen LogP contribution in [-0.4, -0.2) is 26.3 Å². The van der Waals surface area contributed by atoms with Crippen molar-refractivity contribution in [2.45, 2.75) is 31.6 Å². The highest BCUT2D eigenvalue weighted by Gasteiger charge is 2.31. The Morgan fingerprint density at radius 3 is 2.41 bits per heavy atom. The van der Waals surface area contributed by atoms with Crippen LogP contribution < -0.4 is 16.6 Å². The summed E-state index contributed by atoms with van der Waals surface area (Å²) in [6.45, 7) is -0.203. The number of aromatic nitrogens is 3. The number of nitrogens with one attached hydrogen (secondary N) is 1. The van der Waals surface area contributed by atoms with Crippen LogP contribution in [-0.2, 0) is 12.7 Å². The molecule has 0 saturated heterocycles. The average Bonchev–Trinajstić information content (AvgIpc) is 3.55. The first-order valence-corrected chi connectivity index (χ1v) is 9.98. The number of hydrogen-bond donors (Lipinski definition) is 1. The first kappa shape index (κ1) is 21.8. The molecule has 1 N–H and O–H groups in total. The van der Waals surface area contributed by atoms with Gasteiger partial charge in [-0.25, -0.2) is 4.79 Å². The maximum absolute atomic E-state index is 13.0. The number of amides is 1. The molecule has 3 aromatic rings. The summed E-state index contributed by atoms with van der Waals surface area (Å²) < 4.78 is 40.2. The number of alkyl halides is 3. The molecule has 1 saturated carbocycles. The molecule has 1 aliphatic carbocycles. The van der Waals surface area contributed by atoms with E-state index in [0.717, 1.165) is 46.4 Å². The third-order valence-electron chi connectivity index (χ3n) is 4.86. The van der Waals surface area contributed by atoms with Crippen LogP contribution in [0.3, 0.4) is 0 Å². The number of nitrogens with zero attached hydrogens (tertiary/aromatic N) is 3. The quantitative estimate of drug-likeness (QED) is 0.629. The molecule has 11 heteroatoms. The maximum Gasteiger partial charge on any atom is 0.416 e. The van der Waals surface area contributed by atoms with Gasteiger partial charge in [-0.05, 0) is 54.8 Å². The molecule has 32 heavy (non-hydrogen) atoms. The minimum absolute atomic E-state index is 0.0247. The lowest BCUT2D eigenvalue weighted by Gasteiger charge is -2.13. The summed E-state index contributed by atoms with van der Waals surface area (Å²) in [5, 5.41) is 6.91. The Hall–Kier alpha value is -3.40. The van der Waals surface area contributed by atoms with E-state index in [4.69, 9.17) is 11.6 Å². The first-order chi connectivity index (χ1) is 15.1. The number of halogens is 4. The smallest absolute Gasteiger partial charge is 0.348 e. The first-order valence-electron chi connectivity index (χ1n) is 9.60. The molecule has 166 valence electrons. The third-order valence-corrected chi connectivity index (χ3v) is 5.09. The van der Waals surface area contributed by atoms with E-state index in [9.17, 15) is 27.6 Å². The summed E-state index contributed by atoms with van der Waals surface area (Å²) in [6, 6.07) is 10.1. The Morgan fingerprint density at radius 1 is 1.12 bits per heavy atom. The summed E-state index contributed by atoms with van der Waals surface area (Å²) in [5.74, 6) is -0.752. The zero-order valence-corrected chi connectivity index (χ0v) is 17.2. The lowest BCUT2D eigenvalue weighted by atomic mass is 10.2. The molecule has 2 aromatic carbocycles. The fraction of sp³-hybridized carbons (Fsp3) is 0.238. The van der Waals surface area contributed by atoms with Gasteiger partial charge < -0.3 is 5.32 Å². The van der Waals surface area contributed by atoms with E-state index in [2.05, 4.69) is 10.4 Å². The van der Waals surface area contributed by atoms with Gasteiger partial charge >= 0.3 is 11.9 Å². The van der Waals surface area contributed by atoms with Gasteiger partial charge in [-0.3, -0.25) is 14.2 Å². The third kappa shape index (κ3) is 4.59. The van der Waals surface area contributed by atoms with Gasteiger partial charge in [0.15, 0.2) is 0 Å². The van der Waals surface area contributed by atoms with Crippen molar-refractivity contribution in [3.05, 3.63) is 91.2 Å². The number of rotatable bonds is 5. The number of carbonyl (C=O) groups is 1. The predicted molar refractivity (Wildman–Crippen MR) is 110 cm³/mol. The summed E-state index contributed by atoms with van der Waals surface area (Å²) in [6.07, 6.45) is -3.03. The zero-order valence-electron chi connectivity index (χ0n) is 16.4. The van der Waals surface area contributed by atoms with Gasteiger partial charge in [-0.15, -0.1) is 0 Å². The largest absolute Gasteiger partial charge is 0.416 e. The van der Waals surface area contributed by atoms with Crippen molar-refractivity contribution in [3.8, 4) is 5.69 Å². The van der Waals surface area contributed by atoms with Gasteiger partial charge in [0.1, 0.15) is 0 Å². The minimum Gasteiger partial charge on any atom is -0.348 e. The second-order valence-corrected chi connectivity index (χ2v) is 7.79. The van der Waals surface area contributed by atoms with Crippen LogP contribution in [0.25, 0.3) is 5.69 Å². The maximum atomic E-state index is 13.0. The molecule has 1 aromatic heterocycles. The van der Waals surface area contributed by atoms with E-state index in [-0.39, 0.29) is 18.3 Å². The Kier molecular flexibility index (Phi) is 5.64. The van der Waals surface area contributed by atoms with Crippen molar-refractivity contribution in [1.82, 2.24) is 19.7 Å². The number of benzene rings is 2. The van der Waals surface area contributed by atoms with Crippen LogP contribution in [0.15, 0.2) is 58.1 Å². The molecule has 1 amide bonds. The van der Waals surface area contributed by atoms with Crippen molar-refractivity contribution < 1.29 is 18.0 Å². The van der Waals surface area contributed by atoms with Gasteiger partial charge in [-0.2, -0.15) is 23.0 Å². The molecule has 1 heterocycles. The second kappa shape index (κ2) is 8.27. The molecular weight excluding hydrogens is 449 g/mol. The zero-order chi connectivity index (χ0) is 23.0. The van der Waals surface area contributed by atoms with Crippen molar-refractivity contribution >= 4 is 17.5 Å². The molecule has 7 nitrogen and oxygen atoms in total. The Labute approximate surface area is 184 Å². The van der Waals surface area contributed by atoms with E-state index in [1.165, 1.54) is 0 Å². The van der Waals surface area contributed by atoms with E-state index < -0.39 is 34.6 Å². The Balaban J connectivity index is 1.84. The van der Waals surface area contributed by atoms with Crippen LogP contribution in [0, 0.1) is 0 Å². The lowest BCUT2D eigenvalue weighted by molar-refractivity contribution is -0.137. The van der Waals surface area contributed by atoms with Crippen LogP contribution in [0.5, 0.6) is 0 Å².